The van der Waals surface area contributed by atoms with Gasteiger partial charge in [-0.2, -0.15) is 0 Å². The zero-order valence-electron chi connectivity index (χ0n) is 12.0. The molecule has 1 unspecified atom stereocenters. The summed E-state index contributed by atoms with van der Waals surface area (Å²) < 4.78 is 14.0. The summed E-state index contributed by atoms with van der Waals surface area (Å²) in [4.78, 5) is 15.4. The molecular formula is C15H21FN2O2. The van der Waals surface area contributed by atoms with E-state index in [4.69, 9.17) is 0 Å². The number of benzene rings is 1. The minimum atomic E-state index is -1.08. The number of nitrogens with zero attached hydrogens (tertiary/aromatic N) is 2. The van der Waals surface area contributed by atoms with E-state index in [1.54, 1.807) is 0 Å². The third-order valence-corrected chi connectivity index (χ3v) is 4.06. The smallest absolute Gasteiger partial charge is 0.337 e. The van der Waals surface area contributed by atoms with Crippen LogP contribution in [0.1, 0.15) is 30.6 Å². The van der Waals surface area contributed by atoms with Gasteiger partial charge in [-0.15, -0.1) is 0 Å². The number of carbonyl (C=O) groups is 1. The van der Waals surface area contributed by atoms with Gasteiger partial charge in [-0.05, 0) is 25.5 Å². The van der Waals surface area contributed by atoms with E-state index in [1.165, 1.54) is 18.2 Å². The van der Waals surface area contributed by atoms with E-state index in [0.29, 0.717) is 19.1 Å². The molecule has 2 rings (SSSR count). The van der Waals surface area contributed by atoms with E-state index in [2.05, 4.69) is 18.7 Å². The zero-order valence-corrected chi connectivity index (χ0v) is 12.0. The standard InChI is InChI=1S/C15H21FN2O2/c1-3-11(2)17-7-9-18(10-8-17)14-12(15(19)20)5-4-6-13(14)16/h4-6,11H,3,7-10H2,1-2H3,(H,19,20). The molecule has 1 aromatic carbocycles. The molecule has 1 N–H and O–H groups in total. The molecule has 0 amide bonds. The van der Waals surface area contributed by atoms with Gasteiger partial charge in [-0.3, -0.25) is 4.90 Å². The molecule has 0 aliphatic carbocycles. The number of para-hydroxylation sites is 1. The maximum Gasteiger partial charge on any atom is 0.337 e. The molecule has 0 spiro atoms. The van der Waals surface area contributed by atoms with Crippen LogP contribution >= 0.6 is 0 Å². The van der Waals surface area contributed by atoms with Crippen LogP contribution in [0.2, 0.25) is 0 Å². The van der Waals surface area contributed by atoms with E-state index in [9.17, 15) is 14.3 Å². The largest absolute Gasteiger partial charge is 0.478 e. The van der Waals surface area contributed by atoms with Crippen LogP contribution in [0.15, 0.2) is 18.2 Å². The van der Waals surface area contributed by atoms with Crippen molar-refractivity contribution in [2.75, 3.05) is 31.1 Å². The highest BCUT2D eigenvalue weighted by Crippen LogP contribution is 2.26. The van der Waals surface area contributed by atoms with E-state index in [-0.39, 0.29) is 11.3 Å². The molecule has 110 valence electrons. The van der Waals surface area contributed by atoms with Crippen molar-refractivity contribution in [3.05, 3.63) is 29.6 Å². The fourth-order valence-corrected chi connectivity index (χ4v) is 2.65. The van der Waals surface area contributed by atoms with Crippen molar-refractivity contribution in [1.29, 1.82) is 0 Å². The molecule has 1 saturated heterocycles. The molecule has 20 heavy (non-hydrogen) atoms. The Balaban J connectivity index is 2.17. The summed E-state index contributed by atoms with van der Waals surface area (Å²) >= 11 is 0. The van der Waals surface area contributed by atoms with Crippen LogP contribution in [0, 0.1) is 5.82 Å². The quantitative estimate of drug-likeness (QED) is 0.920. The number of piperazine rings is 1. The highest BCUT2D eigenvalue weighted by molar-refractivity contribution is 5.94. The Kier molecular flexibility index (Phi) is 4.60. The van der Waals surface area contributed by atoms with Gasteiger partial charge in [0.25, 0.3) is 0 Å². The minimum Gasteiger partial charge on any atom is -0.478 e. The van der Waals surface area contributed by atoms with Crippen LogP contribution in [0.3, 0.4) is 0 Å². The molecule has 1 aliphatic rings. The number of halogens is 1. The fraction of sp³-hybridized carbons (Fsp3) is 0.533. The number of hydrogen-bond donors (Lipinski definition) is 1. The second-order valence-corrected chi connectivity index (χ2v) is 5.22. The van der Waals surface area contributed by atoms with Gasteiger partial charge in [-0.1, -0.05) is 13.0 Å². The molecule has 0 saturated carbocycles. The van der Waals surface area contributed by atoms with Crippen molar-refractivity contribution in [2.24, 2.45) is 0 Å². The number of hydrogen-bond acceptors (Lipinski definition) is 3. The Morgan fingerprint density at radius 2 is 2.00 bits per heavy atom. The average Bonchev–Trinajstić information content (AvgIpc) is 2.46. The summed E-state index contributed by atoms with van der Waals surface area (Å²) in [6.07, 6.45) is 1.08. The Bertz CT molecular complexity index is 485. The lowest BCUT2D eigenvalue weighted by molar-refractivity contribution is 0.0696. The molecule has 1 aromatic rings. The maximum atomic E-state index is 14.0. The summed E-state index contributed by atoms with van der Waals surface area (Å²) in [7, 11) is 0. The van der Waals surface area contributed by atoms with E-state index >= 15 is 0 Å². The van der Waals surface area contributed by atoms with Crippen molar-refractivity contribution >= 4 is 11.7 Å². The van der Waals surface area contributed by atoms with E-state index < -0.39 is 11.8 Å². The van der Waals surface area contributed by atoms with Crippen molar-refractivity contribution in [3.8, 4) is 0 Å². The van der Waals surface area contributed by atoms with Crippen molar-refractivity contribution in [2.45, 2.75) is 26.3 Å². The third-order valence-electron chi connectivity index (χ3n) is 4.06. The van der Waals surface area contributed by atoms with Crippen LogP contribution in [0.5, 0.6) is 0 Å². The SMILES string of the molecule is CCC(C)N1CCN(c2c(F)cccc2C(=O)O)CC1. The average molecular weight is 280 g/mol. The van der Waals surface area contributed by atoms with Gasteiger partial charge in [0, 0.05) is 32.2 Å². The zero-order chi connectivity index (χ0) is 14.7. The molecular weight excluding hydrogens is 259 g/mol. The Hall–Kier alpha value is -1.62. The summed E-state index contributed by atoms with van der Waals surface area (Å²) in [5.74, 6) is -1.54. The van der Waals surface area contributed by atoms with Gasteiger partial charge in [-0.25, -0.2) is 9.18 Å². The molecule has 1 aliphatic heterocycles. The van der Waals surface area contributed by atoms with Gasteiger partial charge < -0.3 is 10.0 Å². The van der Waals surface area contributed by atoms with Crippen molar-refractivity contribution in [3.63, 3.8) is 0 Å². The lowest BCUT2D eigenvalue weighted by Crippen LogP contribution is -2.50. The topological polar surface area (TPSA) is 43.8 Å². The van der Waals surface area contributed by atoms with Crippen LogP contribution in [-0.2, 0) is 0 Å². The molecule has 4 nitrogen and oxygen atoms in total. The fourth-order valence-electron chi connectivity index (χ4n) is 2.65. The normalized spacial score (nSPS) is 18.1. The predicted octanol–water partition coefficient (Wildman–Crippen LogP) is 2.44. The number of aromatic carboxylic acids is 1. The number of anilines is 1. The molecule has 1 atom stereocenters. The van der Waals surface area contributed by atoms with Crippen molar-refractivity contribution in [1.82, 2.24) is 4.90 Å². The highest BCUT2D eigenvalue weighted by atomic mass is 19.1. The first-order valence-electron chi connectivity index (χ1n) is 7.05. The van der Waals surface area contributed by atoms with Gasteiger partial charge >= 0.3 is 5.97 Å². The molecule has 0 aromatic heterocycles. The number of carboxylic acids is 1. The Morgan fingerprint density at radius 1 is 1.35 bits per heavy atom. The summed E-state index contributed by atoms with van der Waals surface area (Å²) in [6, 6.07) is 4.74. The molecule has 1 heterocycles. The Morgan fingerprint density at radius 3 is 2.55 bits per heavy atom. The lowest BCUT2D eigenvalue weighted by atomic mass is 10.1. The Labute approximate surface area is 118 Å². The van der Waals surface area contributed by atoms with E-state index in [1.807, 2.05) is 4.90 Å². The second kappa shape index (κ2) is 6.22. The van der Waals surface area contributed by atoms with E-state index in [0.717, 1.165) is 19.5 Å². The lowest BCUT2D eigenvalue weighted by Gasteiger charge is -2.39. The summed E-state index contributed by atoms with van der Waals surface area (Å²) in [5, 5.41) is 9.20. The first-order valence-corrected chi connectivity index (χ1v) is 7.05. The molecule has 0 bridgehead atoms. The van der Waals surface area contributed by atoms with Crippen LogP contribution in [-0.4, -0.2) is 48.2 Å². The predicted molar refractivity (Wildman–Crippen MR) is 76.9 cm³/mol. The molecule has 5 heteroatoms. The summed E-state index contributed by atoms with van der Waals surface area (Å²) in [5.41, 5.74) is 0.269. The van der Waals surface area contributed by atoms with Gasteiger partial charge in [0.05, 0.1) is 11.3 Å². The van der Waals surface area contributed by atoms with Gasteiger partial charge in [0.2, 0.25) is 0 Å². The number of carboxylic acid groups (broad SMARTS) is 1. The molecule has 1 fully saturated rings. The maximum absolute atomic E-state index is 14.0. The third kappa shape index (κ3) is 2.93. The summed E-state index contributed by atoms with van der Waals surface area (Å²) in [6.45, 7) is 7.32. The van der Waals surface area contributed by atoms with Crippen LogP contribution in [0.4, 0.5) is 10.1 Å². The van der Waals surface area contributed by atoms with Gasteiger partial charge in [0.1, 0.15) is 5.82 Å². The second-order valence-electron chi connectivity index (χ2n) is 5.22. The van der Waals surface area contributed by atoms with Crippen LogP contribution < -0.4 is 4.90 Å². The van der Waals surface area contributed by atoms with Crippen LogP contribution in [0.25, 0.3) is 0 Å². The molecule has 0 radical (unpaired) electrons. The number of rotatable bonds is 4. The first kappa shape index (κ1) is 14.8. The minimum absolute atomic E-state index is 0.0435. The van der Waals surface area contributed by atoms with Gasteiger partial charge in [0.15, 0.2) is 0 Å². The first-order chi connectivity index (χ1) is 9.54. The highest BCUT2D eigenvalue weighted by Gasteiger charge is 2.25. The van der Waals surface area contributed by atoms with Crippen molar-refractivity contribution < 1.29 is 14.3 Å². The monoisotopic (exact) mass is 280 g/mol.